The van der Waals surface area contributed by atoms with Gasteiger partial charge < -0.3 is 5.21 Å². The first-order valence-electron chi connectivity index (χ1n) is 4.84. The first-order chi connectivity index (χ1) is 7.29. The average Bonchev–Trinajstić information content (AvgIpc) is 2.55. The molecule has 1 aromatic carbocycles. The van der Waals surface area contributed by atoms with Crippen LogP contribution >= 0.6 is 0 Å². The van der Waals surface area contributed by atoms with Crippen molar-refractivity contribution < 1.29 is 4.73 Å². The number of hydrogen-bond acceptors (Lipinski definition) is 1. The highest BCUT2D eigenvalue weighted by Crippen LogP contribution is 2.24. The van der Waals surface area contributed by atoms with Crippen LogP contribution in [0.3, 0.4) is 0 Å². The van der Waals surface area contributed by atoms with E-state index in [9.17, 15) is 5.21 Å². The van der Waals surface area contributed by atoms with Gasteiger partial charge in [-0.2, -0.15) is 0 Å². The molecule has 0 N–H and O–H groups in total. The van der Waals surface area contributed by atoms with Gasteiger partial charge in [-0.25, -0.2) is 9.30 Å². The van der Waals surface area contributed by atoms with Crippen LogP contribution in [-0.4, -0.2) is 4.57 Å². The number of pyridine rings is 1. The normalized spacial score (nSPS) is 11.3. The summed E-state index contributed by atoms with van der Waals surface area (Å²) in [5.74, 6) is 0. The molecule has 0 aliphatic heterocycles. The molecule has 2 aromatic heterocycles. The predicted octanol–water partition coefficient (Wildman–Crippen LogP) is 1.96. The first-order valence-corrected chi connectivity index (χ1v) is 4.84. The third kappa shape index (κ3) is 0.973. The van der Waals surface area contributed by atoms with E-state index in [0.29, 0.717) is 5.65 Å². The zero-order valence-electron chi connectivity index (χ0n) is 8.34. The maximum absolute atomic E-state index is 11.7. The van der Waals surface area contributed by atoms with Crippen molar-refractivity contribution in [3.63, 3.8) is 0 Å². The van der Waals surface area contributed by atoms with E-state index in [0.717, 1.165) is 21.0 Å². The number of aromatic nitrogens is 2. The Bertz CT molecular complexity index is 655. The molecule has 0 fully saturated rings. The van der Waals surface area contributed by atoms with E-state index in [1.807, 2.05) is 41.9 Å². The fourth-order valence-electron chi connectivity index (χ4n) is 2.13. The fourth-order valence-corrected chi connectivity index (χ4v) is 2.13. The van der Waals surface area contributed by atoms with Crippen molar-refractivity contribution in [1.82, 2.24) is 4.57 Å². The van der Waals surface area contributed by atoms with Crippen LogP contribution in [0.2, 0.25) is 0 Å². The number of fused-ring (bicyclic) bond motifs is 3. The Labute approximate surface area is 86.8 Å². The zero-order chi connectivity index (χ0) is 10.4. The molecule has 0 unspecified atom stereocenters. The van der Waals surface area contributed by atoms with Crippen molar-refractivity contribution >= 4 is 21.9 Å². The van der Waals surface area contributed by atoms with Crippen molar-refractivity contribution in [2.75, 3.05) is 0 Å². The number of aryl methyl sites for hydroxylation is 1. The van der Waals surface area contributed by atoms with Crippen molar-refractivity contribution in [3.05, 3.63) is 47.8 Å². The molecule has 2 heterocycles. The van der Waals surface area contributed by atoms with Crippen molar-refractivity contribution in [2.24, 2.45) is 7.05 Å². The van der Waals surface area contributed by atoms with Crippen LogP contribution in [0.1, 0.15) is 0 Å². The summed E-state index contributed by atoms with van der Waals surface area (Å²) in [4.78, 5) is 0. The molecule has 0 bridgehead atoms. The van der Waals surface area contributed by atoms with Gasteiger partial charge in [0.1, 0.15) is 5.52 Å². The van der Waals surface area contributed by atoms with E-state index in [1.165, 1.54) is 6.20 Å². The molecule has 0 saturated carbocycles. The molecule has 0 aliphatic rings. The fraction of sp³-hybridized carbons (Fsp3) is 0.0833. The summed E-state index contributed by atoms with van der Waals surface area (Å²) in [6, 6.07) is 11.8. The third-order valence-corrected chi connectivity index (χ3v) is 2.81. The molecular weight excluding hydrogens is 188 g/mol. The number of nitrogens with zero attached hydrogens (tertiary/aromatic N) is 2. The quantitative estimate of drug-likeness (QED) is 0.401. The number of para-hydroxylation sites is 1. The lowest BCUT2D eigenvalue weighted by molar-refractivity contribution is -0.580. The van der Waals surface area contributed by atoms with Crippen LogP contribution < -0.4 is 4.73 Å². The second-order valence-corrected chi connectivity index (χ2v) is 3.65. The number of rotatable bonds is 0. The van der Waals surface area contributed by atoms with Crippen LogP contribution in [0.15, 0.2) is 42.6 Å². The van der Waals surface area contributed by atoms with E-state index < -0.39 is 0 Å². The summed E-state index contributed by atoms with van der Waals surface area (Å²) < 4.78 is 2.84. The zero-order valence-corrected chi connectivity index (χ0v) is 8.34. The third-order valence-electron chi connectivity index (χ3n) is 2.81. The van der Waals surface area contributed by atoms with E-state index in [4.69, 9.17) is 0 Å². The van der Waals surface area contributed by atoms with Crippen LogP contribution in [0.5, 0.6) is 0 Å². The lowest BCUT2D eigenvalue weighted by Crippen LogP contribution is -2.27. The van der Waals surface area contributed by atoms with E-state index in [1.54, 1.807) is 6.07 Å². The van der Waals surface area contributed by atoms with Gasteiger partial charge in [-0.3, -0.25) is 0 Å². The molecule has 3 rings (SSSR count). The van der Waals surface area contributed by atoms with Crippen molar-refractivity contribution in [1.29, 1.82) is 0 Å². The lowest BCUT2D eigenvalue weighted by Gasteiger charge is -2.02. The molecule has 3 aromatic rings. The van der Waals surface area contributed by atoms with Crippen molar-refractivity contribution in [2.45, 2.75) is 0 Å². The predicted molar refractivity (Wildman–Crippen MR) is 59.4 cm³/mol. The van der Waals surface area contributed by atoms with Gasteiger partial charge in [0.15, 0.2) is 0 Å². The van der Waals surface area contributed by atoms with Gasteiger partial charge in [0, 0.05) is 5.39 Å². The summed E-state index contributed by atoms with van der Waals surface area (Å²) in [6.07, 6.45) is 1.53. The number of hydrogen-bond donors (Lipinski definition) is 0. The van der Waals surface area contributed by atoms with Gasteiger partial charge >= 0.3 is 0 Å². The summed E-state index contributed by atoms with van der Waals surface area (Å²) in [5, 5.41) is 13.8. The maximum atomic E-state index is 11.7. The van der Waals surface area contributed by atoms with Gasteiger partial charge in [-0.15, -0.1) is 0 Å². The molecule has 74 valence electrons. The molecule has 15 heavy (non-hydrogen) atoms. The molecule has 0 aliphatic carbocycles. The van der Waals surface area contributed by atoms with Gasteiger partial charge in [-0.05, 0) is 24.3 Å². The Morgan fingerprint density at radius 2 is 1.80 bits per heavy atom. The minimum atomic E-state index is 0.707. The molecule has 0 spiro atoms. The van der Waals surface area contributed by atoms with Crippen LogP contribution in [0.4, 0.5) is 0 Å². The lowest BCUT2D eigenvalue weighted by atomic mass is 10.2. The monoisotopic (exact) mass is 198 g/mol. The highest BCUT2D eigenvalue weighted by atomic mass is 16.5. The van der Waals surface area contributed by atoms with Crippen LogP contribution in [0, 0.1) is 5.21 Å². The van der Waals surface area contributed by atoms with Crippen LogP contribution in [0.25, 0.3) is 21.9 Å². The van der Waals surface area contributed by atoms with Gasteiger partial charge in [0.25, 0.3) is 5.65 Å². The molecule has 3 heteroatoms. The Morgan fingerprint density at radius 1 is 1.07 bits per heavy atom. The second kappa shape index (κ2) is 2.73. The van der Waals surface area contributed by atoms with Gasteiger partial charge in [0.05, 0.1) is 18.6 Å². The second-order valence-electron chi connectivity index (χ2n) is 3.65. The molecule has 0 radical (unpaired) electrons. The number of benzene rings is 1. The molecule has 0 amide bonds. The van der Waals surface area contributed by atoms with Gasteiger partial charge in [-0.1, -0.05) is 12.1 Å². The molecule has 3 nitrogen and oxygen atoms in total. The van der Waals surface area contributed by atoms with Crippen molar-refractivity contribution in [3.8, 4) is 0 Å². The summed E-state index contributed by atoms with van der Waals surface area (Å²) in [6.45, 7) is 0. The minimum absolute atomic E-state index is 0.707. The Balaban J connectivity index is 2.69. The Kier molecular flexibility index (Phi) is 1.51. The molecular formula is C12H10N2O. The maximum Gasteiger partial charge on any atom is 0.292 e. The SMILES string of the molecule is Cn1c2ccccc2c2ccc[n+]([O-])c21. The van der Waals surface area contributed by atoms with E-state index in [-0.39, 0.29) is 0 Å². The summed E-state index contributed by atoms with van der Waals surface area (Å²) in [7, 11) is 1.92. The first kappa shape index (κ1) is 8.29. The Morgan fingerprint density at radius 3 is 2.67 bits per heavy atom. The Hall–Kier alpha value is -2.03. The summed E-state index contributed by atoms with van der Waals surface area (Å²) >= 11 is 0. The standard InChI is InChI=1S/C12H10N2O/c1-13-11-7-3-2-5-9(11)10-6-4-8-14(15)12(10)13/h2-8H,1H3. The highest BCUT2D eigenvalue weighted by Gasteiger charge is 2.14. The molecule has 0 atom stereocenters. The van der Waals surface area contributed by atoms with Crippen LogP contribution in [-0.2, 0) is 7.05 Å². The summed E-state index contributed by atoms with van der Waals surface area (Å²) in [5.41, 5.74) is 1.79. The van der Waals surface area contributed by atoms with E-state index >= 15 is 0 Å². The average molecular weight is 198 g/mol. The smallest absolute Gasteiger partial charge is 0.292 e. The molecule has 0 saturated heterocycles. The largest absolute Gasteiger partial charge is 0.711 e. The van der Waals surface area contributed by atoms with Gasteiger partial charge in [0.2, 0.25) is 0 Å². The van der Waals surface area contributed by atoms with E-state index in [2.05, 4.69) is 0 Å². The topological polar surface area (TPSA) is 31.9 Å². The minimum Gasteiger partial charge on any atom is -0.711 e. The highest BCUT2D eigenvalue weighted by molar-refractivity contribution is 6.05.